The van der Waals surface area contributed by atoms with E-state index in [0.717, 1.165) is 29.0 Å². The van der Waals surface area contributed by atoms with Gasteiger partial charge in [-0.25, -0.2) is 14.8 Å². The molecule has 0 fully saturated rings. The topological polar surface area (TPSA) is 52.6 Å². The van der Waals surface area contributed by atoms with Crippen LogP contribution in [-0.2, 0) is 13.0 Å². The summed E-state index contributed by atoms with van der Waals surface area (Å²) in [7, 11) is 7.57. The zero-order chi connectivity index (χ0) is 15.1. The molecule has 2 amide bonds. The van der Waals surface area contributed by atoms with Crippen molar-refractivity contribution in [2.45, 2.75) is 13.0 Å². The van der Waals surface area contributed by atoms with Gasteiger partial charge in [-0.15, -0.1) is 11.3 Å². The molecular weight excluding hydrogens is 286 g/mol. The van der Waals surface area contributed by atoms with Gasteiger partial charge in [-0.05, 0) is 12.0 Å². The molecule has 6 nitrogen and oxygen atoms in total. The Kier molecular flexibility index (Phi) is 3.44. The summed E-state index contributed by atoms with van der Waals surface area (Å²) < 4.78 is 0. The average Bonchev–Trinajstić information content (AvgIpc) is 2.83. The van der Waals surface area contributed by atoms with Crippen LogP contribution in [0, 0.1) is 0 Å². The van der Waals surface area contributed by atoms with Gasteiger partial charge in [0, 0.05) is 39.6 Å². The minimum absolute atomic E-state index is 0.0667. The highest BCUT2D eigenvalue weighted by Crippen LogP contribution is 2.37. The molecule has 3 heterocycles. The zero-order valence-electron chi connectivity index (χ0n) is 12.8. The molecule has 1 aliphatic heterocycles. The highest BCUT2D eigenvalue weighted by Gasteiger charge is 2.27. The predicted molar refractivity (Wildman–Crippen MR) is 84.9 cm³/mol. The van der Waals surface area contributed by atoms with Crippen LogP contribution in [0.2, 0.25) is 0 Å². The summed E-state index contributed by atoms with van der Waals surface area (Å²) in [5.74, 6) is 0.963. The first-order valence-corrected chi connectivity index (χ1v) is 7.69. The molecule has 7 heteroatoms. The number of rotatable bonds is 1. The van der Waals surface area contributed by atoms with Crippen LogP contribution in [0.3, 0.4) is 0 Å². The number of hydrogen-bond acceptors (Lipinski definition) is 5. The second-order valence-corrected chi connectivity index (χ2v) is 6.71. The molecule has 0 saturated heterocycles. The van der Waals surface area contributed by atoms with E-state index in [-0.39, 0.29) is 6.03 Å². The van der Waals surface area contributed by atoms with Crippen LogP contribution in [0.25, 0.3) is 10.2 Å². The first-order valence-electron chi connectivity index (χ1n) is 6.88. The van der Waals surface area contributed by atoms with Gasteiger partial charge in [0.1, 0.15) is 17.0 Å². The molecule has 2 aromatic heterocycles. The second-order valence-electron chi connectivity index (χ2n) is 5.62. The zero-order valence-corrected chi connectivity index (χ0v) is 13.6. The van der Waals surface area contributed by atoms with E-state index < -0.39 is 0 Å². The maximum atomic E-state index is 12.1. The van der Waals surface area contributed by atoms with E-state index in [9.17, 15) is 4.79 Å². The van der Waals surface area contributed by atoms with Gasteiger partial charge in [-0.1, -0.05) is 0 Å². The van der Waals surface area contributed by atoms with Gasteiger partial charge >= 0.3 is 6.03 Å². The molecule has 2 aromatic rings. The Labute approximate surface area is 128 Å². The third kappa shape index (κ3) is 2.31. The van der Waals surface area contributed by atoms with Crippen LogP contribution in [0.4, 0.5) is 10.6 Å². The summed E-state index contributed by atoms with van der Waals surface area (Å²) in [6.45, 7) is 1.41. The van der Waals surface area contributed by atoms with Crippen LogP contribution >= 0.6 is 11.3 Å². The number of carbonyl (C=O) groups is 1. The molecular formula is C14H19N5OS. The van der Waals surface area contributed by atoms with Gasteiger partial charge in [0.05, 0.1) is 11.9 Å². The molecule has 0 unspecified atom stereocenters. The number of anilines is 1. The number of carbonyl (C=O) groups excluding carboxylic acids is 1. The van der Waals surface area contributed by atoms with Crippen molar-refractivity contribution in [2.75, 3.05) is 39.6 Å². The number of aromatic nitrogens is 2. The van der Waals surface area contributed by atoms with Gasteiger partial charge < -0.3 is 14.7 Å². The van der Waals surface area contributed by atoms with E-state index in [1.165, 1.54) is 10.4 Å². The predicted octanol–water partition coefficient (Wildman–Crippen LogP) is 1.80. The lowest BCUT2D eigenvalue weighted by molar-refractivity contribution is 0.166. The van der Waals surface area contributed by atoms with Crippen molar-refractivity contribution in [2.24, 2.45) is 0 Å². The average molecular weight is 305 g/mol. The minimum atomic E-state index is 0.0667. The monoisotopic (exact) mass is 305 g/mol. The van der Waals surface area contributed by atoms with Gasteiger partial charge in [-0.2, -0.15) is 0 Å². The Morgan fingerprint density at radius 2 is 2.05 bits per heavy atom. The first-order chi connectivity index (χ1) is 9.99. The quantitative estimate of drug-likeness (QED) is 0.806. The highest BCUT2D eigenvalue weighted by molar-refractivity contribution is 7.19. The van der Waals surface area contributed by atoms with E-state index >= 15 is 0 Å². The number of fused-ring (bicyclic) bond motifs is 3. The van der Waals surface area contributed by atoms with Crippen molar-refractivity contribution in [3.63, 3.8) is 0 Å². The van der Waals surface area contributed by atoms with Crippen molar-refractivity contribution in [3.05, 3.63) is 16.8 Å². The summed E-state index contributed by atoms with van der Waals surface area (Å²) in [4.78, 5) is 28.7. The second kappa shape index (κ2) is 5.14. The molecule has 0 bridgehead atoms. The van der Waals surface area contributed by atoms with E-state index in [4.69, 9.17) is 0 Å². The van der Waals surface area contributed by atoms with Crippen LogP contribution in [0.1, 0.15) is 10.4 Å². The minimum Gasteiger partial charge on any atom is -0.362 e. The lowest BCUT2D eigenvalue weighted by Gasteiger charge is -2.29. The Balaban J connectivity index is 2.04. The van der Waals surface area contributed by atoms with Crippen molar-refractivity contribution < 1.29 is 4.79 Å². The molecule has 0 aliphatic carbocycles. The SMILES string of the molecule is CN(C)C(=O)N1CCc2c(sc3ncnc(N(C)C)c23)C1. The van der Waals surface area contributed by atoms with Crippen LogP contribution in [-0.4, -0.2) is 60.5 Å². The van der Waals surface area contributed by atoms with Gasteiger partial charge in [0.2, 0.25) is 0 Å². The molecule has 112 valence electrons. The molecule has 1 aliphatic rings. The summed E-state index contributed by atoms with van der Waals surface area (Å²) in [6, 6.07) is 0.0667. The number of nitrogens with zero attached hydrogens (tertiary/aromatic N) is 5. The molecule has 3 rings (SSSR count). The normalized spacial score (nSPS) is 14.2. The molecule has 0 aromatic carbocycles. The Bertz CT molecular complexity index is 694. The molecule has 0 N–H and O–H groups in total. The highest BCUT2D eigenvalue weighted by atomic mass is 32.1. The molecule has 21 heavy (non-hydrogen) atoms. The number of hydrogen-bond donors (Lipinski definition) is 0. The lowest BCUT2D eigenvalue weighted by Crippen LogP contribution is -2.41. The maximum absolute atomic E-state index is 12.1. The Morgan fingerprint density at radius 1 is 1.29 bits per heavy atom. The Hall–Kier alpha value is -1.89. The van der Waals surface area contributed by atoms with Crippen LogP contribution < -0.4 is 4.90 Å². The molecule has 0 saturated carbocycles. The van der Waals surface area contributed by atoms with E-state index in [0.29, 0.717) is 6.54 Å². The molecule has 0 atom stereocenters. The molecule has 0 radical (unpaired) electrons. The van der Waals surface area contributed by atoms with Crippen LogP contribution in [0.5, 0.6) is 0 Å². The summed E-state index contributed by atoms with van der Waals surface area (Å²) in [5.41, 5.74) is 1.31. The fourth-order valence-electron chi connectivity index (χ4n) is 2.70. The fraction of sp³-hybridized carbons (Fsp3) is 0.500. The van der Waals surface area contributed by atoms with Crippen molar-refractivity contribution >= 4 is 33.4 Å². The van der Waals surface area contributed by atoms with E-state index in [2.05, 4.69) is 9.97 Å². The van der Waals surface area contributed by atoms with E-state index in [1.807, 2.05) is 23.9 Å². The van der Waals surface area contributed by atoms with Crippen LogP contribution in [0.15, 0.2) is 6.33 Å². The summed E-state index contributed by atoms with van der Waals surface area (Å²) in [6.07, 6.45) is 2.48. The van der Waals surface area contributed by atoms with Crippen molar-refractivity contribution in [1.82, 2.24) is 19.8 Å². The number of thiophene rings is 1. The van der Waals surface area contributed by atoms with Gasteiger partial charge in [0.25, 0.3) is 0 Å². The largest absolute Gasteiger partial charge is 0.362 e. The number of urea groups is 1. The van der Waals surface area contributed by atoms with Gasteiger partial charge in [0.15, 0.2) is 0 Å². The fourth-order valence-corrected chi connectivity index (χ4v) is 3.89. The number of amides is 2. The maximum Gasteiger partial charge on any atom is 0.319 e. The third-order valence-corrected chi connectivity index (χ3v) is 4.82. The first kappa shape index (κ1) is 14.1. The smallest absolute Gasteiger partial charge is 0.319 e. The Morgan fingerprint density at radius 3 is 2.71 bits per heavy atom. The van der Waals surface area contributed by atoms with Gasteiger partial charge in [-0.3, -0.25) is 0 Å². The van der Waals surface area contributed by atoms with E-state index in [1.54, 1.807) is 36.7 Å². The summed E-state index contributed by atoms with van der Waals surface area (Å²) >= 11 is 1.67. The third-order valence-electron chi connectivity index (χ3n) is 3.69. The standard InChI is InChI=1S/C14H19N5OS/c1-17(2)12-11-9-5-6-19(14(20)18(3)4)7-10(9)21-13(11)16-8-15-12/h8H,5-7H2,1-4H3. The molecule has 0 spiro atoms. The summed E-state index contributed by atoms with van der Waals surface area (Å²) in [5, 5.41) is 1.15. The lowest BCUT2D eigenvalue weighted by atomic mass is 10.1. The van der Waals surface area contributed by atoms with Crippen molar-refractivity contribution in [1.29, 1.82) is 0 Å². The van der Waals surface area contributed by atoms with Crippen molar-refractivity contribution in [3.8, 4) is 0 Å².